The number of hydrogen-bond donors (Lipinski definition) is 7. The lowest BCUT2D eigenvalue weighted by Crippen LogP contribution is -2.56. The Kier molecular flexibility index (Phi) is 13.6. The molecule has 0 saturated carbocycles. The molecule has 0 aromatic carbocycles. The zero-order valence-electron chi connectivity index (χ0n) is 17.2. The van der Waals surface area contributed by atoms with E-state index in [4.69, 9.17) is 22.3 Å². The molecule has 0 fully saturated rings. The van der Waals surface area contributed by atoms with Crippen molar-refractivity contribution in [3.63, 3.8) is 0 Å². The van der Waals surface area contributed by atoms with Crippen molar-refractivity contribution in [3.05, 3.63) is 0 Å². The van der Waals surface area contributed by atoms with E-state index in [0.29, 0.717) is 5.75 Å². The van der Waals surface area contributed by atoms with E-state index < -0.39 is 60.2 Å². The molecule has 0 aliphatic carbocycles. The van der Waals surface area contributed by atoms with Crippen molar-refractivity contribution >= 4 is 47.3 Å². The third-order valence-electron chi connectivity index (χ3n) is 4.01. The number of amides is 5. The summed E-state index contributed by atoms with van der Waals surface area (Å²) in [4.78, 5) is 69.8. The first-order valence-electron chi connectivity index (χ1n) is 9.39. The van der Waals surface area contributed by atoms with Crippen LogP contribution in [-0.4, -0.2) is 77.3 Å². The molecule has 3 unspecified atom stereocenters. The molecule has 0 spiro atoms. The van der Waals surface area contributed by atoms with Gasteiger partial charge in [-0.3, -0.25) is 28.8 Å². The van der Waals surface area contributed by atoms with Crippen LogP contribution in [-0.2, 0) is 28.8 Å². The van der Waals surface area contributed by atoms with Crippen LogP contribution in [0.5, 0.6) is 0 Å². The van der Waals surface area contributed by atoms with E-state index in [2.05, 4.69) is 16.0 Å². The molecule has 0 aliphatic heterocycles. The van der Waals surface area contributed by atoms with Gasteiger partial charge in [0.2, 0.25) is 29.5 Å². The number of nitrogens with two attached hydrogens (primary N) is 3. The molecule has 0 bridgehead atoms. The number of carbonyl (C=O) groups is 6. The normalized spacial score (nSPS) is 13.4. The van der Waals surface area contributed by atoms with Crippen molar-refractivity contribution in [1.82, 2.24) is 16.0 Å². The summed E-state index contributed by atoms with van der Waals surface area (Å²) < 4.78 is 0. The molecule has 3 atom stereocenters. The molecule has 0 aromatic heterocycles. The van der Waals surface area contributed by atoms with E-state index in [0.717, 1.165) is 0 Å². The molecule has 0 radical (unpaired) electrons. The fraction of sp³-hybridized carbons (Fsp3) is 0.647. The number of hydrogen-bond acceptors (Lipinski definition) is 8. The SMILES string of the molecule is CSCCC(NC(=O)C(CCC(N)=O)NC(=O)C(N)CCC(N)=O)C(=O)NCC(=O)O. The summed E-state index contributed by atoms with van der Waals surface area (Å²) in [5.41, 5.74) is 15.8. The van der Waals surface area contributed by atoms with Crippen LogP contribution in [0.3, 0.4) is 0 Å². The Balaban J connectivity index is 5.24. The van der Waals surface area contributed by atoms with Gasteiger partial charge in [0.1, 0.15) is 18.6 Å². The van der Waals surface area contributed by atoms with Crippen LogP contribution in [0.1, 0.15) is 32.1 Å². The zero-order chi connectivity index (χ0) is 24.0. The third kappa shape index (κ3) is 13.1. The van der Waals surface area contributed by atoms with E-state index in [-0.39, 0.29) is 32.1 Å². The molecule has 14 heteroatoms. The van der Waals surface area contributed by atoms with Gasteiger partial charge in [0.15, 0.2) is 0 Å². The van der Waals surface area contributed by atoms with Crippen LogP contribution in [0.25, 0.3) is 0 Å². The Morgan fingerprint density at radius 3 is 1.87 bits per heavy atom. The Labute approximate surface area is 183 Å². The highest BCUT2D eigenvalue weighted by molar-refractivity contribution is 7.98. The van der Waals surface area contributed by atoms with Gasteiger partial charge >= 0.3 is 5.97 Å². The van der Waals surface area contributed by atoms with Gasteiger partial charge in [-0.25, -0.2) is 0 Å². The first-order chi connectivity index (χ1) is 14.5. The predicted octanol–water partition coefficient (Wildman–Crippen LogP) is -3.23. The van der Waals surface area contributed by atoms with Crippen LogP contribution in [0, 0.1) is 0 Å². The second-order valence-corrected chi connectivity index (χ2v) is 7.62. The summed E-state index contributed by atoms with van der Waals surface area (Å²) in [6, 6.07) is -3.41. The molecule has 13 nitrogen and oxygen atoms in total. The second-order valence-electron chi connectivity index (χ2n) is 6.63. The molecular formula is C17H30N6O7S. The fourth-order valence-electron chi connectivity index (χ4n) is 2.33. The highest BCUT2D eigenvalue weighted by Gasteiger charge is 2.28. The summed E-state index contributed by atoms with van der Waals surface area (Å²) >= 11 is 1.41. The number of primary amides is 2. The predicted molar refractivity (Wildman–Crippen MR) is 112 cm³/mol. The molecule has 0 rings (SSSR count). The Hall–Kier alpha value is -2.87. The maximum absolute atomic E-state index is 12.7. The molecule has 0 heterocycles. The smallest absolute Gasteiger partial charge is 0.322 e. The maximum Gasteiger partial charge on any atom is 0.322 e. The topological polar surface area (TPSA) is 237 Å². The van der Waals surface area contributed by atoms with E-state index in [1.807, 2.05) is 0 Å². The quantitative estimate of drug-likeness (QED) is 0.122. The maximum atomic E-state index is 12.7. The minimum absolute atomic E-state index is 0.0424. The van der Waals surface area contributed by atoms with Crippen molar-refractivity contribution in [2.45, 2.75) is 50.2 Å². The molecule has 0 saturated heterocycles. The van der Waals surface area contributed by atoms with Crippen LogP contribution < -0.4 is 33.2 Å². The highest BCUT2D eigenvalue weighted by atomic mass is 32.2. The second kappa shape index (κ2) is 15.0. The number of aliphatic carboxylic acids is 1. The monoisotopic (exact) mass is 462 g/mol. The van der Waals surface area contributed by atoms with Crippen molar-refractivity contribution in [1.29, 1.82) is 0 Å². The molecule has 5 amide bonds. The first kappa shape index (κ1) is 28.1. The Bertz CT molecular complexity index is 675. The summed E-state index contributed by atoms with van der Waals surface area (Å²) in [6.45, 7) is -0.624. The van der Waals surface area contributed by atoms with Crippen LogP contribution in [0.15, 0.2) is 0 Å². The van der Waals surface area contributed by atoms with Gasteiger partial charge in [-0.05, 0) is 31.3 Å². The van der Waals surface area contributed by atoms with Gasteiger partial charge in [0.25, 0.3) is 0 Å². The largest absolute Gasteiger partial charge is 0.480 e. The molecular weight excluding hydrogens is 432 g/mol. The van der Waals surface area contributed by atoms with Crippen LogP contribution >= 0.6 is 11.8 Å². The number of carbonyl (C=O) groups excluding carboxylic acids is 5. The minimum atomic E-state index is -1.25. The summed E-state index contributed by atoms with van der Waals surface area (Å²) in [7, 11) is 0. The summed E-state index contributed by atoms with van der Waals surface area (Å²) in [5.74, 6) is -4.33. The van der Waals surface area contributed by atoms with E-state index in [1.165, 1.54) is 11.8 Å². The molecule has 0 aliphatic rings. The number of thioether (sulfide) groups is 1. The average Bonchev–Trinajstić information content (AvgIpc) is 2.69. The number of rotatable bonds is 16. The van der Waals surface area contributed by atoms with Crippen molar-refractivity contribution in [2.75, 3.05) is 18.6 Å². The van der Waals surface area contributed by atoms with Crippen LogP contribution in [0.4, 0.5) is 0 Å². The summed E-state index contributed by atoms with van der Waals surface area (Å²) in [6.07, 6.45) is 1.44. The first-order valence-corrected chi connectivity index (χ1v) is 10.8. The van der Waals surface area contributed by atoms with Crippen molar-refractivity contribution in [3.8, 4) is 0 Å². The third-order valence-corrected chi connectivity index (χ3v) is 4.65. The molecule has 31 heavy (non-hydrogen) atoms. The lowest BCUT2D eigenvalue weighted by atomic mass is 10.1. The van der Waals surface area contributed by atoms with E-state index >= 15 is 0 Å². The fourth-order valence-corrected chi connectivity index (χ4v) is 2.80. The molecule has 0 aromatic rings. The Morgan fingerprint density at radius 1 is 0.839 bits per heavy atom. The zero-order valence-corrected chi connectivity index (χ0v) is 18.0. The number of carboxylic acids is 1. The number of nitrogens with one attached hydrogen (secondary N) is 3. The summed E-state index contributed by atoms with van der Waals surface area (Å²) in [5, 5.41) is 15.7. The van der Waals surface area contributed by atoms with Gasteiger partial charge in [0.05, 0.1) is 6.04 Å². The highest BCUT2D eigenvalue weighted by Crippen LogP contribution is 2.05. The van der Waals surface area contributed by atoms with Crippen molar-refractivity contribution < 1.29 is 33.9 Å². The molecule has 10 N–H and O–H groups in total. The van der Waals surface area contributed by atoms with E-state index in [1.54, 1.807) is 6.26 Å². The lowest BCUT2D eigenvalue weighted by Gasteiger charge is -2.23. The number of carboxylic acid groups (broad SMARTS) is 1. The minimum Gasteiger partial charge on any atom is -0.480 e. The average molecular weight is 463 g/mol. The van der Waals surface area contributed by atoms with Gasteiger partial charge < -0.3 is 38.3 Å². The van der Waals surface area contributed by atoms with Gasteiger partial charge in [-0.2, -0.15) is 11.8 Å². The van der Waals surface area contributed by atoms with Gasteiger partial charge in [-0.15, -0.1) is 0 Å². The van der Waals surface area contributed by atoms with E-state index in [9.17, 15) is 28.8 Å². The molecule has 176 valence electrons. The van der Waals surface area contributed by atoms with Gasteiger partial charge in [-0.1, -0.05) is 0 Å². The Morgan fingerprint density at radius 2 is 1.35 bits per heavy atom. The standard InChI is InChI=1S/C17H30N6O7S/c1-31-7-6-11(16(29)21-8-14(26)27)23-17(30)10(3-5-13(20)25)22-15(28)9(18)2-4-12(19)24/h9-11H,2-8,18H2,1H3,(H2,19,24)(H2,20,25)(H,21,29)(H,22,28)(H,23,30)(H,26,27). The van der Waals surface area contributed by atoms with Gasteiger partial charge in [0, 0.05) is 12.8 Å². The van der Waals surface area contributed by atoms with Crippen molar-refractivity contribution in [2.24, 2.45) is 17.2 Å². The van der Waals surface area contributed by atoms with Crippen LogP contribution in [0.2, 0.25) is 0 Å². The lowest BCUT2D eigenvalue weighted by molar-refractivity contribution is -0.138.